The number of nitrogens with one attached hydrogen (secondary N) is 1. The number of aromatic nitrogens is 1. The van der Waals surface area contributed by atoms with Gasteiger partial charge < -0.3 is 5.32 Å². The Morgan fingerprint density at radius 3 is 2.81 bits per heavy atom. The normalized spacial score (nSPS) is 16.6. The van der Waals surface area contributed by atoms with Crippen LogP contribution in [0.5, 0.6) is 0 Å². The molecule has 0 bridgehead atoms. The summed E-state index contributed by atoms with van der Waals surface area (Å²) in [4.78, 5) is 26.5. The molecular weight excluding hydrogens is 378 g/mol. The molecule has 0 spiro atoms. The van der Waals surface area contributed by atoms with Crippen molar-refractivity contribution in [2.24, 2.45) is 0 Å². The van der Waals surface area contributed by atoms with Gasteiger partial charge in [-0.1, -0.05) is 31.4 Å². The van der Waals surface area contributed by atoms with Gasteiger partial charge in [0.15, 0.2) is 5.57 Å². The number of hydrogen-bond acceptors (Lipinski definition) is 5. The third-order valence-corrected chi connectivity index (χ3v) is 6.48. The van der Waals surface area contributed by atoms with Crippen LogP contribution in [0.25, 0.3) is 11.6 Å². The van der Waals surface area contributed by atoms with Crippen molar-refractivity contribution in [3.63, 3.8) is 0 Å². The van der Waals surface area contributed by atoms with Crippen molar-refractivity contribution in [3.05, 3.63) is 54.6 Å². The zero-order valence-electron chi connectivity index (χ0n) is 14.9. The van der Waals surface area contributed by atoms with Gasteiger partial charge >= 0.3 is 0 Å². The number of thiazole rings is 1. The van der Waals surface area contributed by atoms with Crippen molar-refractivity contribution in [2.75, 3.05) is 0 Å². The summed E-state index contributed by atoms with van der Waals surface area (Å²) in [5, 5.41) is 14.5. The minimum absolute atomic E-state index is 0.00430. The zero-order valence-corrected chi connectivity index (χ0v) is 16.6. The Hall–Kier alpha value is -2.43. The van der Waals surface area contributed by atoms with E-state index < -0.39 is 5.91 Å². The second kappa shape index (κ2) is 8.98. The predicted octanol–water partition coefficient (Wildman–Crippen LogP) is 2.11. The van der Waals surface area contributed by atoms with Crippen LogP contribution in [0.15, 0.2) is 35.0 Å². The van der Waals surface area contributed by atoms with E-state index in [9.17, 15) is 14.9 Å². The molecule has 1 saturated carbocycles. The molecule has 0 radical (unpaired) electrons. The first-order valence-electron chi connectivity index (χ1n) is 8.95. The molecule has 1 N–H and O–H groups in total. The Bertz CT molecular complexity index is 1030. The van der Waals surface area contributed by atoms with Gasteiger partial charge in [-0.25, -0.2) is 0 Å². The topological polar surface area (TPSA) is 74.9 Å². The second-order valence-corrected chi connectivity index (χ2v) is 8.44. The molecule has 140 valence electrons. The third kappa shape index (κ3) is 4.46. The van der Waals surface area contributed by atoms with E-state index in [-0.39, 0.29) is 23.7 Å². The molecule has 1 amide bonds. The molecule has 1 fully saturated rings. The summed E-state index contributed by atoms with van der Waals surface area (Å²) >= 11 is 2.71. The van der Waals surface area contributed by atoms with Crippen LogP contribution in [0.1, 0.15) is 37.0 Å². The molecule has 3 rings (SSSR count). The first-order chi connectivity index (χ1) is 13.1. The zero-order chi connectivity index (χ0) is 19.2. The maximum Gasteiger partial charge on any atom is 0.269 e. The van der Waals surface area contributed by atoms with E-state index in [2.05, 4.69) is 11.9 Å². The quantitative estimate of drug-likeness (QED) is 0.783. The highest BCUT2D eigenvalue weighted by atomic mass is 32.1. The molecule has 5 nitrogen and oxygen atoms in total. The Morgan fingerprint density at radius 2 is 2.19 bits per heavy atom. The van der Waals surface area contributed by atoms with Crippen molar-refractivity contribution < 1.29 is 4.79 Å². The second-order valence-electron chi connectivity index (χ2n) is 6.43. The summed E-state index contributed by atoms with van der Waals surface area (Å²) in [6.45, 7) is 3.95. The van der Waals surface area contributed by atoms with E-state index >= 15 is 0 Å². The van der Waals surface area contributed by atoms with E-state index in [1.54, 1.807) is 12.2 Å². The molecule has 0 aliphatic heterocycles. The molecule has 1 aliphatic rings. The Labute approximate surface area is 165 Å². The highest BCUT2D eigenvalue weighted by Crippen LogP contribution is 2.17. The van der Waals surface area contributed by atoms with Gasteiger partial charge in [0.2, 0.25) is 0 Å². The van der Waals surface area contributed by atoms with E-state index in [0.29, 0.717) is 9.20 Å². The molecule has 1 aliphatic carbocycles. The van der Waals surface area contributed by atoms with Crippen molar-refractivity contribution in [3.8, 4) is 6.07 Å². The summed E-state index contributed by atoms with van der Waals surface area (Å²) in [6.07, 6.45) is 8.64. The first kappa shape index (κ1) is 19.3. The van der Waals surface area contributed by atoms with Crippen molar-refractivity contribution >= 4 is 40.2 Å². The van der Waals surface area contributed by atoms with Crippen LogP contribution < -0.4 is 20.1 Å². The van der Waals surface area contributed by atoms with Gasteiger partial charge in [-0.15, -0.1) is 29.3 Å². The number of hydrogen-bond donors (Lipinski definition) is 1. The molecule has 2 heterocycles. The van der Waals surface area contributed by atoms with Gasteiger partial charge in [0.05, 0.1) is 4.53 Å². The van der Waals surface area contributed by atoms with Crippen molar-refractivity contribution in [2.45, 2.75) is 44.7 Å². The van der Waals surface area contributed by atoms with Gasteiger partial charge in [0.25, 0.3) is 11.5 Å². The van der Waals surface area contributed by atoms with Gasteiger partial charge in [-0.05, 0) is 30.4 Å². The lowest BCUT2D eigenvalue weighted by molar-refractivity contribution is -0.116. The Balaban J connectivity index is 2.08. The smallest absolute Gasteiger partial charge is 0.269 e. The number of nitrogens with zero attached hydrogens (tertiary/aromatic N) is 2. The van der Waals surface area contributed by atoms with Crippen LogP contribution in [-0.2, 0) is 11.3 Å². The Morgan fingerprint density at radius 1 is 1.41 bits per heavy atom. The predicted molar refractivity (Wildman–Crippen MR) is 110 cm³/mol. The van der Waals surface area contributed by atoms with Gasteiger partial charge in [0.1, 0.15) is 10.7 Å². The molecule has 0 saturated heterocycles. The minimum Gasteiger partial charge on any atom is -0.349 e. The molecule has 2 aromatic rings. The molecule has 27 heavy (non-hydrogen) atoms. The fourth-order valence-electron chi connectivity index (χ4n) is 3.20. The lowest BCUT2D eigenvalue weighted by atomic mass is 9.95. The average Bonchev–Trinajstić information content (AvgIpc) is 3.28. The third-order valence-electron chi connectivity index (χ3n) is 4.53. The molecule has 7 heteroatoms. The standard InChI is InChI=1S/C20H21N3O2S2/c1-2-10-23-19(25)17(12-15-9-6-11-26-15)27-20(23)16(13-21)18(24)22-14-7-4-3-5-8-14/h2,6,9,11-12,14H,1,3-5,7-8,10H2,(H,22,24)/b17-12+,20-16+. The highest BCUT2D eigenvalue weighted by molar-refractivity contribution is 7.11. The van der Waals surface area contributed by atoms with Gasteiger partial charge in [0, 0.05) is 17.5 Å². The number of rotatable bonds is 5. The van der Waals surface area contributed by atoms with Crippen molar-refractivity contribution in [1.82, 2.24) is 9.88 Å². The summed E-state index contributed by atoms with van der Waals surface area (Å²) in [6, 6.07) is 5.96. The van der Waals surface area contributed by atoms with Crippen LogP contribution in [0, 0.1) is 11.3 Å². The van der Waals surface area contributed by atoms with Crippen LogP contribution in [-0.4, -0.2) is 16.5 Å². The van der Waals surface area contributed by atoms with Crippen LogP contribution in [0.4, 0.5) is 0 Å². The summed E-state index contributed by atoms with van der Waals surface area (Å²) in [5.74, 6) is -0.397. The first-order valence-corrected chi connectivity index (χ1v) is 10.6. The summed E-state index contributed by atoms with van der Waals surface area (Å²) in [5.41, 5.74) is -0.211. The monoisotopic (exact) mass is 399 g/mol. The lowest BCUT2D eigenvalue weighted by Crippen LogP contribution is -2.39. The molecule has 0 atom stereocenters. The van der Waals surface area contributed by atoms with E-state index in [0.717, 1.165) is 30.6 Å². The molecule has 0 aromatic carbocycles. The number of carbonyl (C=O) groups excluding carboxylic acids is 1. The van der Waals surface area contributed by atoms with Gasteiger partial charge in [-0.3, -0.25) is 14.2 Å². The number of allylic oxidation sites excluding steroid dienone is 1. The SMILES string of the molecule is C=CCn1c(=O)/c(=C\c2cccs2)s/c1=C(\C#N)C(=O)NC1CCCCC1. The van der Waals surface area contributed by atoms with Gasteiger partial charge in [-0.2, -0.15) is 5.26 Å². The van der Waals surface area contributed by atoms with E-state index in [1.807, 2.05) is 23.6 Å². The number of amides is 1. The Kier molecular flexibility index (Phi) is 6.43. The highest BCUT2D eigenvalue weighted by Gasteiger charge is 2.20. The van der Waals surface area contributed by atoms with Crippen LogP contribution in [0.3, 0.4) is 0 Å². The van der Waals surface area contributed by atoms with Crippen molar-refractivity contribution in [1.29, 1.82) is 5.26 Å². The number of thiophene rings is 1. The van der Waals surface area contributed by atoms with Crippen LogP contribution in [0.2, 0.25) is 0 Å². The summed E-state index contributed by atoms with van der Waals surface area (Å²) < 4.78 is 2.35. The lowest BCUT2D eigenvalue weighted by Gasteiger charge is -2.22. The maximum atomic E-state index is 12.8. The molecule has 2 aromatic heterocycles. The van der Waals surface area contributed by atoms with E-state index in [4.69, 9.17) is 0 Å². The van der Waals surface area contributed by atoms with Crippen LogP contribution >= 0.6 is 22.7 Å². The summed E-state index contributed by atoms with van der Waals surface area (Å²) in [7, 11) is 0. The fourth-order valence-corrected chi connectivity index (χ4v) is 5.03. The minimum atomic E-state index is -0.397. The molecular formula is C20H21N3O2S2. The number of nitriles is 1. The average molecular weight is 400 g/mol. The largest absolute Gasteiger partial charge is 0.349 e. The van der Waals surface area contributed by atoms with E-state index in [1.165, 1.54) is 33.7 Å². The number of carbonyl (C=O) groups is 1. The fraction of sp³-hybridized carbons (Fsp3) is 0.350. The molecule has 0 unspecified atom stereocenters. The maximum absolute atomic E-state index is 12.8.